The van der Waals surface area contributed by atoms with E-state index in [1.54, 1.807) is 6.07 Å². The molecule has 0 fully saturated rings. The van der Waals surface area contributed by atoms with Crippen molar-refractivity contribution < 1.29 is 9.53 Å². The number of carbonyl (C=O) groups is 1. The number of aromatic nitrogens is 1. The molecular weight excluding hydrogens is 586 g/mol. The summed E-state index contributed by atoms with van der Waals surface area (Å²) in [7, 11) is 0. The van der Waals surface area contributed by atoms with Gasteiger partial charge in [-0.2, -0.15) is 0 Å². The van der Waals surface area contributed by atoms with Crippen LogP contribution in [0.4, 0.5) is 0 Å². The summed E-state index contributed by atoms with van der Waals surface area (Å²) in [4.78, 5) is 13.0. The number of hydrogen-bond donors (Lipinski definition) is 0. The second-order valence-electron chi connectivity index (χ2n) is 12.5. The molecule has 1 aliphatic rings. The summed E-state index contributed by atoms with van der Waals surface area (Å²) < 4.78 is 7.85. The Balaban J connectivity index is 1.42. The van der Waals surface area contributed by atoms with Crippen molar-refractivity contribution in [1.82, 2.24) is 4.57 Å². The number of esters is 1. The van der Waals surface area contributed by atoms with E-state index in [9.17, 15) is 4.79 Å². The van der Waals surface area contributed by atoms with Gasteiger partial charge in [0, 0.05) is 21.2 Å². The molecule has 46 heavy (non-hydrogen) atoms. The number of nitrogens with zero attached hydrogens (tertiary/aromatic N) is 1. The van der Waals surface area contributed by atoms with Crippen molar-refractivity contribution in [2.45, 2.75) is 26.2 Å². The Morgan fingerprint density at radius 1 is 0.674 bits per heavy atom. The standard InChI is InChI=1S/C42H32ClNO2/c1-4-46-41(45)35-25-31(43)17-18-32(35)29-16-20-39-36(23-29)42(2,3)37-24-30(27-13-9-6-10-14-27)22-34-33-21-28(26-11-7-5-8-12-26)15-19-38(33)44(39)40(34)37/h5-25H,4H2,1-3H3. The highest BCUT2D eigenvalue weighted by Crippen LogP contribution is 2.50. The monoisotopic (exact) mass is 617 g/mol. The average Bonchev–Trinajstić information content (AvgIpc) is 3.41. The fourth-order valence-electron chi connectivity index (χ4n) is 7.17. The SMILES string of the molecule is CCOC(=O)c1cc(Cl)ccc1-c1ccc2c(c1)C(C)(C)c1cc(-c3ccccc3)cc3c4cc(-c5ccccc5)ccc4n-2c13. The van der Waals surface area contributed by atoms with E-state index < -0.39 is 0 Å². The molecule has 0 saturated heterocycles. The van der Waals surface area contributed by atoms with Crippen molar-refractivity contribution in [2.24, 2.45) is 0 Å². The summed E-state index contributed by atoms with van der Waals surface area (Å²) in [6.07, 6.45) is 0. The van der Waals surface area contributed by atoms with Crippen LogP contribution < -0.4 is 0 Å². The van der Waals surface area contributed by atoms with Crippen LogP contribution in [0, 0.1) is 0 Å². The third-order valence-corrected chi connectivity index (χ3v) is 9.68. The summed E-state index contributed by atoms with van der Waals surface area (Å²) in [5.41, 5.74) is 12.7. The molecule has 224 valence electrons. The quantitative estimate of drug-likeness (QED) is 0.180. The highest BCUT2D eigenvalue weighted by molar-refractivity contribution is 6.31. The lowest BCUT2D eigenvalue weighted by Crippen LogP contribution is -2.26. The van der Waals surface area contributed by atoms with E-state index in [1.165, 1.54) is 55.2 Å². The normalized spacial score (nSPS) is 13.1. The van der Waals surface area contributed by atoms with Gasteiger partial charge in [0.25, 0.3) is 0 Å². The molecule has 7 aromatic rings. The third kappa shape index (κ3) is 4.38. The molecule has 2 heterocycles. The Bertz CT molecular complexity index is 2320. The van der Waals surface area contributed by atoms with Gasteiger partial charge in [0.05, 0.1) is 28.9 Å². The fraction of sp³-hybridized carbons (Fsp3) is 0.119. The first-order chi connectivity index (χ1) is 22.3. The average molecular weight is 618 g/mol. The van der Waals surface area contributed by atoms with Crippen LogP contribution in [0.5, 0.6) is 0 Å². The lowest BCUT2D eigenvalue weighted by atomic mass is 9.73. The Kier molecular flexibility index (Phi) is 6.63. The second kappa shape index (κ2) is 10.8. The van der Waals surface area contributed by atoms with Gasteiger partial charge in [0.2, 0.25) is 0 Å². The van der Waals surface area contributed by atoms with Gasteiger partial charge in [-0.05, 0) is 100.0 Å². The molecule has 4 heteroatoms. The Hall–Kier alpha value is -5.12. The number of carbonyl (C=O) groups excluding carboxylic acids is 1. The van der Waals surface area contributed by atoms with Crippen LogP contribution in [0.15, 0.2) is 127 Å². The molecule has 0 saturated carbocycles. The topological polar surface area (TPSA) is 31.2 Å². The molecule has 1 aromatic heterocycles. The minimum Gasteiger partial charge on any atom is -0.462 e. The highest BCUT2D eigenvalue weighted by atomic mass is 35.5. The van der Waals surface area contributed by atoms with Gasteiger partial charge in [-0.15, -0.1) is 0 Å². The maximum Gasteiger partial charge on any atom is 0.338 e. The third-order valence-electron chi connectivity index (χ3n) is 9.45. The molecule has 1 aliphatic heterocycles. The van der Waals surface area contributed by atoms with Gasteiger partial charge in [0.15, 0.2) is 0 Å². The summed E-state index contributed by atoms with van der Waals surface area (Å²) >= 11 is 6.36. The number of rotatable bonds is 5. The molecule has 0 radical (unpaired) electrons. The minimum absolute atomic E-state index is 0.297. The van der Waals surface area contributed by atoms with E-state index in [4.69, 9.17) is 16.3 Å². The summed E-state index contributed by atoms with van der Waals surface area (Å²) in [5.74, 6) is -0.373. The lowest BCUT2D eigenvalue weighted by molar-refractivity contribution is 0.0527. The number of benzene rings is 6. The van der Waals surface area contributed by atoms with Gasteiger partial charge in [-0.1, -0.05) is 104 Å². The van der Waals surface area contributed by atoms with Crippen LogP contribution in [0.1, 0.15) is 42.3 Å². The van der Waals surface area contributed by atoms with E-state index in [0.717, 1.165) is 16.8 Å². The molecule has 0 aliphatic carbocycles. The largest absolute Gasteiger partial charge is 0.462 e. The fourth-order valence-corrected chi connectivity index (χ4v) is 7.34. The maximum absolute atomic E-state index is 13.0. The molecule has 6 aromatic carbocycles. The van der Waals surface area contributed by atoms with Crippen molar-refractivity contribution in [1.29, 1.82) is 0 Å². The zero-order valence-electron chi connectivity index (χ0n) is 26.0. The van der Waals surface area contributed by atoms with Crippen molar-refractivity contribution in [3.8, 4) is 39.1 Å². The number of fused-ring (bicyclic) bond motifs is 5. The van der Waals surface area contributed by atoms with Gasteiger partial charge >= 0.3 is 5.97 Å². The first kappa shape index (κ1) is 28.4. The summed E-state index contributed by atoms with van der Waals surface area (Å²) in [5, 5.41) is 2.98. The molecule has 0 unspecified atom stereocenters. The lowest BCUT2D eigenvalue weighted by Gasteiger charge is -2.35. The van der Waals surface area contributed by atoms with Crippen molar-refractivity contribution in [3.05, 3.63) is 149 Å². The Morgan fingerprint density at radius 3 is 2.04 bits per heavy atom. The molecule has 0 N–H and O–H groups in total. The molecule has 0 amide bonds. The van der Waals surface area contributed by atoms with Crippen LogP contribution >= 0.6 is 11.6 Å². The first-order valence-corrected chi connectivity index (χ1v) is 16.1. The summed E-state index contributed by atoms with van der Waals surface area (Å²) in [6.45, 7) is 6.73. The molecule has 8 rings (SSSR count). The maximum atomic E-state index is 13.0. The van der Waals surface area contributed by atoms with Crippen LogP contribution in [0.2, 0.25) is 5.02 Å². The highest BCUT2D eigenvalue weighted by Gasteiger charge is 2.36. The zero-order valence-corrected chi connectivity index (χ0v) is 26.7. The van der Waals surface area contributed by atoms with Gasteiger partial charge in [-0.25, -0.2) is 4.79 Å². The van der Waals surface area contributed by atoms with Gasteiger partial charge in [-0.3, -0.25) is 0 Å². The molecular formula is C42H32ClNO2. The van der Waals surface area contributed by atoms with Crippen molar-refractivity contribution in [2.75, 3.05) is 6.61 Å². The van der Waals surface area contributed by atoms with E-state index in [1.807, 2.05) is 19.1 Å². The number of hydrogen-bond acceptors (Lipinski definition) is 2. The van der Waals surface area contributed by atoms with Crippen molar-refractivity contribution >= 4 is 39.4 Å². The summed E-state index contributed by atoms with van der Waals surface area (Å²) in [6, 6.07) is 44.8. The van der Waals surface area contributed by atoms with Gasteiger partial charge in [0.1, 0.15) is 0 Å². The zero-order chi connectivity index (χ0) is 31.6. The molecule has 0 spiro atoms. The smallest absolute Gasteiger partial charge is 0.338 e. The van der Waals surface area contributed by atoms with Crippen LogP contribution in [-0.4, -0.2) is 17.1 Å². The predicted molar refractivity (Wildman–Crippen MR) is 190 cm³/mol. The number of halogens is 1. The van der Waals surface area contributed by atoms with E-state index in [0.29, 0.717) is 17.2 Å². The van der Waals surface area contributed by atoms with E-state index >= 15 is 0 Å². The Labute approximate surface area is 273 Å². The minimum atomic E-state index is -0.373. The molecule has 3 nitrogen and oxygen atoms in total. The van der Waals surface area contributed by atoms with E-state index in [2.05, 4.69) is 128 Å². The van der Waals surface area contributed by atoms with Crippen LogP contribution in [-0.2, 0) is 10.2 Å². The van der Waals surface area contributed by atoms with Crippen molar-refractivity contribution in [3.63, 3.8) is 0 Å². The Morgan fingerprint density at radius 2 is 1.33 bits per heavy atom. The molecule has 0 atom stereocenters. The van der Waals surface area contributed by atoms with E-state index in [-0.39, 0.29) is 11.4 Å². The second-order valence-corrected chi connectivity index (χ2v) is 12.9. The van der Waals surface area contributed by atoms with Crippen LogP contribution in [0.3, 0.4) is 0 Å². The number of ether oxygens (including phenoxy) is 1. The molecule has 0 bridgehead atoms. The van der Waals surface area contributed by atoms with Gasteiger partial charge < -0.3 is 9.30 Å². The first-order valence-electron chi connectivity index (χ1n) is 15.7. The predicted octanol–water partition coefficient (Wildman–Crippen LogP) is 11.3. The van der Waals surface area contributed by atoms with Crippen LogP contribution in [0.25, 0.3) is 60.9 Å².